The molecule has 2 aromatic rings. The average molecular weight is 467 g/mol. The predicted molar refractivity (Wildman–Crippen MR) is 121 cm³/mol. The van der Waals surface area contributed by atoms with Gasteiger partial charge in [-0.05, 0) is 39.7 Å². The summed E-state index contributed by atoms with van der Waals surface area (Å²) in [5.74, 6) is -0.320. The fourth-order valence-corrected chi connectivity index (χ4v) is 4.21. The quantitative estimate of drug-likeness (QED) is 0.738. The van der Waals surface area contributed by atoms with Crippen LogP contribution in [0.15, 0.2) is 10.6 Å². The average Bonchev–Trinajstić information content (AvgIpc) is 3.26. The van der Waals surface area contributed by atoms with E-state index in [1.807, 2.05) is 25.5 Å². The molecule has 1 amide bonds. The molecular weight excluding hydrogens is 436 g/mol. The smallest absolute Gasteiger partial charge is 0.410 e. The molecule has 2 aromatic heterocycles. The molecular formula is C22H31ClN4O5. The summed E-state index contributed by atoms with van der Waals surface area (Å²) in [6, 6.07) is 0. The largest absolute Gasteiger partial charge is 0.475 e. The van der Waals surface area contributed by atoms with Crippen LogP contribution in [0.4, 0.5) is 4.79 Å². The van der Waals surface area contributed by atoms with Gasteiger partial charge >= 0.3 is 12.1 Å². The van der Waals surface area contributed by atoms with Gasteiger partial charge in [-0.1, -0.05) is 0 Å². The Hall–Kier alpha value is -2.52. The number of aromatic nitrogens is 2. The number of carbonyl (C=O) groups excluding carboxylic acids is 1. The molecule has 10 heteroatoms. The third-order valence-corrected chi connectivity index (χ3v) is 5.78. The Morgan fingerprint density at radius 3 is 2.47 bits per heavy atom. The lowest BCUT2D eigenvalue weighted by molar-refractivity contribution is 0.0142. The minimum absolute atomic E-state index is 0. The van der Waals surface area contributed by atoms with Gasteiger partial charge in [0.25, 0.3) is 0 Å². The minimum atomic E-state index is -1.04. The van der Waals surface area contributed by atoms with Gasteiger partial charge in [-0.3, -0.25) is 9.58 Å². The summed E-state index contributed by atoms with van der Waals surface area (Å²) < 4.78 is 13.0. The SMILES string of the molecule is Cc1c(C(=O)O)oc2c1-c1nn(CCN3CCN(C(=O)OC(C)(C)C)CC3)cc1CC2.Cl. The van der Waals surface area contributed by atoms with Gasteiger partial charge in [0.1, 0.15) is 11.4 Å². The molecule has 4 rings (SSSR count). The number of fused-ring (bicyclic) bond motifs is 3. The molecule has 0 saturated carbocycles. The highest BCUT2D eigenvalue weighted by Gasteiger charge is 2.30. The molecule has 1 aliphatic heterocycles. The van der Waals surface area contributed by atoms with Crippen molar-refractivity contribution in [2.75, 3.05) is 32.7 Å². The number of carboxylic acids is 1. The molecule has 32 heavy (non-hydrogen) atoms. The van der Waals surface area contributed by atoms with Crippen molar-refractivity contribution in [3.63, 3.8) is 0 Å². The second-order valence-corrected chi connectivity index (χ2v) is 9.23. The first-order valence-electron chi connectivity index (χ1n) is 10.7. The van der Waals surface area contributed by atoms with E-state index in [1.54, 1.807) is 11.8 Å². The molecule has 0 atom stereocenters. The van der Waals surface area contributed by atoms with E-state index in [1.165, 1.54) is 0 Å². The van der Waals surface area contributed by atoms with Crippen molar-refractivity contribution in [3.05, 3.63) is 28.8 Å². The zero-order chi connectivity index (χ0) is 22.3. The Labute approximate surface area is 193 Å². The number of hydrogen-bond acceptors (Lipinski definition) is 6. The van der Waals surface area contributed by atoms with Crippen LogP contribution in [-0.4, -0.2) is 75.1 Å². The molecule has 2 aliphatic rings. The maximum Gasteiger partial charge on any atom is 0.410 e. The third kappa shape index (κ3) is 4.94. The van der Waals surface area contributed by atoms with Gasteiger partial charge in [-0.15, -0.1) is 12.4 Å². The van der Waals surface area contributed by atoms with Gasteiger partial charge in [-0.2, -0.15) is 5.10 Å². The van der Waals surface area contributed by atoms with Crippen LogP contribution in [0.1, 0.15) is 48.2 Å². The van der Waals surface area contributed by atoms with Crippen LogP contribution in [0.5, 0.6) is 0 Å². The number of carboxylic acid groups (broad SMARTS) is 1. The molecule has 9 nitrogen and oxygen atoms in total. The zero-order valence-corrected chi connectivity index (χ0v) is 19.8. The number of nitrogens with zero attached hydrogens (tertiary/aromatic N) is 4. The highest BCUT2D eigenvalue weighted by atomic mass is 35.5. The van der Waals surface area contributed by atoms with Crippen LogP contribution >= 0.6 is 12.4 Å². The van der Waals surface area contributed by atoms with Crippen LogP contribution in [0.3, 0.4) is 0 Å². The van der Waals surface area contributed by atoms with Crippen molar-refractivity contribution in [3.8, 4) is 11.3 Å². The van der Waals surface area contributed by atoms with Crippen molar-refractivity contribution < 1.29 is 23.8 Å². The van der Waals surface area contributed by atoms with E-state index in [-0.39, 0.29) is 24.3 Å². The van der Waals surface area contributed by atoms with E-state index in [0.717, 1.165) is 49.4 Å². The molecule has 3 heterocycles. The van der Waals surface area contributed by atoms with E-state index >= 15 is 0 Å². The van der Waals surface area contributed by atoms with Crippen molar-refractivity contribution in [2.45, 2.75) is 52.7 Å². The predicted octanol–water partition coefficient (Wildman–Crippen LogP) is 3.22. The fourth-order valence-electron chi connectivity index (χ4n) is 4.21. The molecule has 0 bridgehead atoms. The summed E-state index contributed by atoms with van der Waals surface area (Å²) in [6.07, 6.45) is 3.29. The van der Waals surface area contributed by atoms with Crippen molar-refractivity contribution in [2.24, 2.45) is 0 Å². The normalized spacial score (nSPS) is 16.2. The van der Waals surface area contributed by atoms with Crippen LogP contribution in [0.2, 0.25) is 0 Å². The lowest BCUT2D eigenvalue weighted by Crippen LogP contribution is -2.50. The summed E-state index contributed by atoms with van der Waals surface area (Å²) in [5.41, 5.74) is 2.97. The van der Waals surface area contributed by atoms with E-state index in [0.29, 0.717) is 30.8 Å². The second kappa shape index (κ2) is 9.15. The number of aryl methyl sites for hydroxylation is 2. The Balaban J connectivity index is 0.00000289. The molecule has 1 saturated heterocycles. The first kappa shape index (κ1) is 24.1. The Morgan fingerprint density at radius 1 is 1.16 bits per heavy atom. The number of hydrogen-bond donors (Lipinski definition) is 1. The molecule has 1 aliphatic carbocycles. The fraction of sp³-hybridized carbons (Fsp3) is 0.591. The third-order valence-electron chi connectivity index (χ3n) is 5.78. The molecule has 0 spiro atoms. The second-order valence-electron chi connectivity index (χ2n) is 9.23. The van der Waals surface area contributed by atoms with E-state index in [9.17, 15) is 14.7 Å². The molecule has 0 aromatic carbocycles. The number of amides is 1. The van der Waals surface area contributed by atoms with Crippen LogP contribution < -0.4 is 0 Å². The maximum atomic E-state index is 12.2. The number of piperazine rings is 1. The number of aromatic carboxylic acids is 1. The summed E-state index contributed by atoms with van der Waals surface area (Å²) in [7, 11) is 0. The maximum absolute atomic E-state index is 12.2. The molecule has 1 fully saturated rings. The molecule has 0 unspecified atom stereocenters. The lowest BCUT2D eigenvalue weighted by Gasteiger charge is -2.35. The lowest BCUT2D eigenvalue weighted by atomic mass is 9.94. The number of halogens is 1. The van der Waals surface area contributed by atoms with Gasteiger partial charge in [0.15, 0.2) is 0 Å². The minimum Gasteiger partial charge on any atom is -0.475 e. The highest BCUT2D eigenvalue weighted by Crippen LogP contribution is 2.38. The van der Waals surface area contributed by atoms with Gasteiger partial charge in [0.2, 0.25) is 5.76 Å². The summed E-state index contributed by atoms with van der Waals surface area (Å²) in [4.78, 5) is 27.7. The van der Waals surface area contributed by atoms with Crippen LogP contribution in [-0.2, 0) is 24.1 Å². The first-order chi connectivity index (χ1) is 14.6. The summed E-state index contributed by atoms with van der Waals surface area (Å²) >= 11 is 0. The van der Waals surface area contributed by atoms with Gasteiger partial charge in [0, 0.05) is 56.5 Å². The van der Waals surface area contributed by atoms with E-state index in [2.05, 4.69) is 11.1 Å². The van der Waals surface area contributed by atoms with E-state index in [4.69, 9.17) is 14.3 Å². The first-order valence-corrected chi connectivity index (χ1v) is 10.7. The van der Waals surface area contributed by atoms with Gasteiger partial charge in [-0.25, -0.2) is 9.59 Å². The monoisotopic (exact) mass is 466 g/mol. The number of rotatable bonds is 4. The Bertz CT molecular complexity index is 999. The standard InChI is InChI=1S/C22H30N4O5.ClH/c1-14-17-16(30-19(14)20(27)28)6-5-15-13-26(23-18(15)17)12-9-24-7-10-25(11-8-24)21(29)31-22(2,3)4;/h13H,5-12H2,1-4H3,(H,27,28);1H. The number of furan rings is 1. The van der Waals surface area contributed by atoms with Crippen LogP contribution in [0.25, 0.3) is 11.3 Å². The van der Waals surface area contributed by atoms with Gasteiger partial charge < -0.3 is 19.2 Å². The summed E-state index contributed by atoms with van der Waals surface area (Å²) in [6.45, 7) is 11.9. The zero-order valence-electron chi connectivity index (χ0n) is 19.0. The van der Waals surface area contributed by atoms with E-state index < -0.39 is 11.6 Å². The Kier molecular flexibility index (Phi) is 6.90. The topological polar surface area (TPSA) is 101 Å². The highest BCUT2D eigenvalue weighted by molar-refractivity contribution is 5.90. The molecule has 1 N–H and O–H groups in total. The van der Waals surface area contributed by atoms with Crippen LogP contribution in [0, 0.1) is 6.92 Å². The van der Waals surface area contributed by atoms with Crippen molar-refractivity contribution >= 4 is 24.5 Å². The van der Waals surface area contributed by atoms with Crippen molar-refractivity contribution in [1.29, 1.82) is 0 Å². The van der Waals surface area contributed by atoms with Crippen molar-refractivity contribution in [1.82, 2.24) is 19.6 Å². The number of ether oxygens (including phenoxy) is 1. The molecule has 0 radical (unpaired) electrons. The Morgan fingerprint density at radius 2 is 1.84 bits per heavy atom. The molecule has 176 valence electrons. The summed E-state index contributed by atoms with van der Waals surface area (Å²) in [5, 5.41) is 14.1. The number of carbonyl (C=O) groups is 2. The van der Waals surface area contributed by atoms with Gasteiger partial charge in [0.05, 0.1) is 12.2 Å².